The number of hydrogen-bond acceptors (Lipinski definition) is 1. The molecule has 0 aliphatic carbocycles. The van der Waals surface area contributed by atoms with Crippen LogP contribution in [0.4, 0.5) is 0 Å². The number of hydrogen-bond donors (Lipinski definition) is 2. The zero-order valence-electron chi connectivity index (χ0n) is 7.15. The second-order valence-corrected chi connectivity index (χ2v) is 3.44. The molecule has 0 aliphatic rings. The summed E-state index contributed by atoms with van der Waals surface area (Å²) < 4.78 is 0. The molecule has 0 atom stereocenters. The van der Waals surface area contributed by atoms with Crippen molar-refractivity contribution in [2.45, 2.75) is 40.2 Å². The van der Waals surface area contributed by atoms with Gasteiger partial charge >= 0.3 is 0 Å². The molecular formula is C7H19N2+. The van der Waals surface area contributed by atoms with Crippen LogP contribution in [0.25, 0.3) is 0 Å². The normalized spacial score (nSPS) is 9.56. The molecule has 0 aromatic carbocycles. The standard InChI is InChI=1S/C4H11N.C3H7N/c1-4(2,3)5;1-3(2)4/h5H2,1-3H3;4H,1-2H3/p+1. The van der Waals surface area contributed by atoms with Crippen molar-refractivity contribution in [2.75, 3.05) is 0 Å². The summed E-state index contributed by atoms with van der Waals surface area (Å²) in [7, 11) is 0. The van der Waals surface area contributed by atoms with Crippen LogP contribution in [-0.4, -0.2) is 11.3 Å². The molecular weight excluding hydrogens is 112 g/mol. The summed E-state index contributed by atoms with van der Waals surface area (Å²) in [4.78, 5) is 0. The highest BCUT2D eigenvalue weighted by Gasteiger charge is 1.95. The monoisotopic (exact) mass is 131 g/mol. The van der Waals surface area contributed by atoms with Gasteiger partial charge in [-0.05, 0) is 20.8 Å². The minimum Gasteiger partial charge on any atom is -0.326 e. The first kappa shape index (κ1) is 11.4. The van der Waals surface area contributed by atoms with Crippen molar-refractivity contribution in [1.29, 1.82) is 0 Å². The minimum atomic E-state index is 0. The van der Waals surface area contributed by atoms with Crippen molar-refractivity contribution in [2.24, 2.45) is 5.73 Å². The van der Waals surface area contributed by atoms with E-state index < -0.39 is 0 Å². The Kier molecular flexibility index (Phi) is 5.72. The van der Waals surface area contributed by atoms with Crippen LogP contribution < -0.4 is 11.1 Å². The summed E-state index contributed by atoms with van der Waals surface area (Å²) in [5.41, 5.74) is 6.27. The molecule has 0 aliphatic heterocycles. The van der Waals surface area contributed by atoms with E-state index in [1.54, 1.807) is 0 Å². The SMILES string of the molecule is CC(C)(C)N.CC(C)=[NH2+]. The molecule has 0 saturated heterocycles. The average Bonchev–Trinajstić information content (AvgIpc) is 1.19. The second-order valence-electron chi connectivity index (χ2n) is 3.44. The van der Waals surface area contributed by atoms with Crippen LogP contribution >= 0.6 is 0 Å². The zero-order valence-corrected chi connectivity index (χ0v) is 7.15. The van der Waals surface area contributed by atoms with Gasteiger partial charge in [0.2, 0.25) is 0 Å². The third-order valence-electron chi connectivity index (χ3n) is 0. The Morgan fingerprint density at radius 3 is 1.22 bits per heavy atom. The predicted octanol–water partition coefficient (Wildman–Crippen LogP) is -0.0301. The molecule has 0 amide bonds. The Morgan fingerprint density at radius 2 is 1.22 bits per heavy atom. The van der Waals surface area contributed by atoms with Crippen molar-refractivity contribution < 1.29 is 5.41 Å². The molecule has 0 aromatic heterocycles. The maximum absolute atomic E-state index is 5.35. The lowest BCUT2D eigenvalue weighted by molar-refractivity contribution is -0.114. The van der Waals surface area contributed by atoms with Crippen LogP contribution in [0.3, 0.4) is 0 Å². The highest BCUT2D eigenvalue weighted by molar-refractivity contribution is 5.72. The van der Waals surface area contributed by atoms with E-state index >= 15 is 0 Å². The molecule has 2 nitrogen and oxygen atoms in total. The van der Waals surface area contributed by atoms with Crippen LogP contribution in [0.2, 0.25) is 0 Å². The van der Waals surface area contributed by atoms with Crippen molar-refractivity contribution in [3.05, 3.63) is 0 Å². The van der Waals surface area contributed by atoms with E-state index in [-0.39, 0.29) is 5.54 Å². The molecule has 0 spiro atoms. The molecule has 0 rings (SSSR count). The van der Waals surface area contributed by atoms with Gasteiger partial charge in [-0.3, -0.25) is 5.41 Å². The van der Waals surface area contributed by atoms with Crippen molar-refractivity contribution in [1.82, 2.24) is 0 Å². The summed E-state index contributed by atoms with van der Waals surface area (Å²) in [6.45, 7) is 9.62. The van der Waals surface area contributed by atoms with Crippen LogP contribution in [0.5, 0.6) is 0 Å². The summed E-state index contributed by atoms with van der Waals surface area (Å²) >= 11 is 0. The molecule has 4 N–H and O–H groups in total. The minimum absolute atomic E-state index is 0. The van der Waals surface area contributed by atoms with E-state index in [1.807, 2.05) is 34.6 Å². The van der Waals surface area contributed by atoms with E-state index in [2.05, 4.69) is 0 Å². The fraction of sp³-hybridized carbons (Fsp3) is 0.857. The summed E-state index contributed by atoms with van der Waals surface area (Å²) in [5.74, 6) is 0. The van der Waals surface area contributed by atoms with Gasteiger partial charge in [0.15, 0.2) is 0 Å². The second kappa shape index (κ2) is 4.50. The highest BCUT2D eigenvalue weighted by atomic mass is 14.7. The van der Waals surface area contributed by atoms with Gasteiger partial charge in [-0.2, -0.15) is 0 Å². The Morgan fingerprint density at radius 1 is 1.22 bits per heavy atom. The van der Waals surface area contributed by atoms with E-state index in [9.17, 15) is 0 Å². The molecule has 0 radical (unpaired) electrons. The molecule has 0 unspecified atom stereocenters. The predicted molar refractivity (Wildman–Crippen MR) is 42.2 cm³/mol. The van der Waals surface area contributed by atoms with Gasteiger partial charge in [0, 0.05) is 19.4 Å². The highest BCUT2D eigenvalue weighted by Crippen LogP contribution is 1.88. The zero-order chi connectivity index (χ0) is 8.08. The summed E-state index contributed by atoms with van der Waals surface area (Å²) in [6, 6.07) is 0. The molecule has 0 heterocycles. The van der Waals surface area contributed by atoms with E-state index in [0.29, 0.717) is 0 Å². The van der Waals surface area contributed by atoms with Gasteiger partial charge in [-0.1, -0.05) is 0 Å². The lowest BCUT2D eigenvalue weighted by Gasteiger charge is -2.06. The maximum Gasteiger partial charge on any atom is 0.142 e. The smallest absolute Gasteiger partial charge is 0.142 e. The maximum atomic E-state index is 5.35. The summed E-state index contributed by atoms with van der Waals surface area (Å²) in [6.07, 6.45) is 0. The lowest BCUT2D eigenvalue weighted by Crippen LogP contribution is -2.34. The van der Waals surface area contributed by atoms with Crippen molar-refractivity contribution >= 4 is 5.71 Å². The number of rotatable bonds is 0. The Labute approximate surface area is 58.0 Å². The van der Waals surface area contributed by atoms with E-state index in [4.69, 9.17) is 11.1 Å². The third-order valence-corrected chi connectivity index (χ3v) is 0. The largest absolute Gasteiger partial charge is 0.326 e. The number of nitrogens with two attached hydrogens (primary N) is 2. The Hall–Kier alpha value is -0.370. The lowest BCUT2D eigenvalue weighted by atomic mass is 10.1. The van der Waals surface area contributed by atoms with Gasteiger partial charge in [-0.25, -0.2) is 0 Å². The Balaban J connectivity index is 0. The molecule has 0 fully saturated rings. The average molecular weight is 131 g/mol. The first-order valence-electron chi connectivity index (χ1n) is 3.08. The van der Waals surface area contributed by atoms with E-state index in [1.165, 1.54) is 0 Å². The quantitative estimate of drug-likeness (QED) is 0.446. The summed E-state index contributed by atoms with van der Waals surface area (Å²) in [5, 5.41) is 5.03. The van der Waals surface area contributed by atoms with Crippen LogP contribution in [0.15, 0.2) is 0 Å². The van der Waals surface area contributed by atoms with Crippen molar-refractivity contribution in [3.63, 3.8) is 0 Å². The molecule has 0 saturated carbocycles. The molecule has 0 aromatic rings. The third kappa shape index (κ3) is 1770. The fourth-order valence-corrected chi connectivity index (χ4v) is 0. The van der Waals surface area contributed by atoms with E-state index in [0.717, 1.165) is 5.71 Å². The van der Waals surface area contributed by atoms with Gasteiger partial charge in [0.1, 0.15) is 5.71 Å². The topological polar surface area (TPSA) is 51.6 Å². The molecule has 56 valence electrons. The van der Waals surface area contributed by atoms with Crippen LogP contribution in [0, 0.1) is 0 Å². The van der Waals surface area contributed by atoms with Gasteiger partial charge in [0.05, 0.1) is 0 Å². The molecule has 2 heteroatoms. The first-order valence-corrected chi connectivity index (χ1v) is 3.08. The van der Waals surface area contributed by atoms with Gasteiger partial charge in [-0.15, -0.1) is 0 Å². The van der Waals surface area contributed by atoms with Gasteiger partial charge in [0.25, 0.3) is 0 Å². The molecule has 0 bridgehead atoms. The van der Waals surface area contributed by atoms with Gasteiger partial charge < -0.3 is 5.73 Å². The van der Waals surface area contributed by atoms with Crippen molar-refractivity contribution in [3.8, 4) is 0 Å². The van der Waals surface area contributed by atoms with Crippen LogP contribution in [-0.2, 0) is 0 Å². The Bertz CT molecular complexity index is 69.4. The first-order chi connectivity index (χ1) is 3.73. The van der Waals surface area contributed by atoms with Crippen LogP contribution in [0.1, 0.15) is 34.6 Å². The molecule has 9 heavy (non-hydrogen) atoms. The fourth-order valence-electron chi connectivity index (χ4n) is 0.